The fourth-order valence-corrected chi connectivity index (χ4v) is 2.73. The predicted octanol–water partition coefficient (Wildman–Crippen LogP) is 4.49. The molecule has 0 saturated heterocycles. The summed E-state index contributed by atoms with van der Waals surface area (Å²) in [5, 5.41) is 17.3. The van der Waals surface area contributed by atoms with Crippen LogP contribution in [-0.4, -0.2) is 25.7 Å². The second kappa shape index (κ2) is 6.50. The highest BCUT2D eigenvalue weighted by atomic mass is 35.5. The van der Waals surface area contributed by atoms with Crippen molar-refractivity contribution in [2.45, 2.75) is 0 Å². The standard InChI is InChI=1S/C19H13ClN4O2/c20-13-8-6-12(7-9-13)15-10-17(21-14-4-2-1-3-5-14)24-18(22-15)11-16(23-24)19(25)26/h1-11,21H,(H,25,26). The Morgan fingerprint density at radius 3 is 2.46 bits per heavy atom. The van der Waals surface area contributed by atoms with Gasteiger partial charge in [0.2, 0.25) is 0 Å². The van der Waals surface area contributed by atoms with Crippen molar-refractivity contribution < 1.29 is 9.90 Å². The Kier molecular flexibility index (Phi) is 4.02. The molecule has 0 saturated carbocycles. The van der Waals surface area contributed by atoms with E-state index in [9.17, 15) is 9.90 Å². The summed E-state index contributed by atoms with van der Waals surface area (Å²) >= 11 is 5.96. The van der Waals surface area contributed by atoms with Crippen molar-refractivity contribution in [2.75, 3.05) is 5.32 Å². The topological polar surface area (TPSA) is 79.5 Å². The molecular weight excluding hydrogens is 352 g/mol. The first-order valence-corrected chi connectivity index (χ1v) is 8.20. The molecule has 2 N–H and O–H groups in total. The number of rotatable bonds is 4. The zero-order valence-electron chi connectivity index (χ0n) is 13.4. The van der Waals surface area contributed by atoms with Crippen LogP contribution in [0.1, 0.15) is 10.5 Å². The summed E-state index contributed by atoms with van der Waals surface area (Å²) < 4.78 is 1.48. The van der Waals surface area contributed by atoms with Crippen LogP contribution in [0.15, 0.2) is 66.7 Å². The van der Waals surface area contributed by atoms with E-state index >= 15 is 0 Å². The summed E-state index contributed by atoms with van der Waals surface area (Å²) in [7, 11) is 0. The molecule has 26 heavy (non-hydrogen) atoms. The first-order chi connectivity index (χ1) is 12.6. The van der Waals surface area contributed by atoms with Gasteiger partial charge in [0.15, 0.2) is 11.3 Å². The number of aromatic carboxylic acids is 1. The molecule has 4 aromatic rings. The quantitative estimate of drug-likeness (QED) is 0.557. The lowest BCUT2D eigenvalue weighted by Gasteiger charge is -2.10. The van der Waals surface area contributed by atoms with E-state index in [-0.39, 0.29) is 5.69 Å². The minimum Gasteiger partial charge on any atom is -0.476 e. The summed E-state index contributed by atoms with van der Waals surface area (Å²) in [5.41, 5.74) is 2.78. The third kappa shape index (κ3) is 3.10. The van der Waals surface area contributed by atoms with Crippen LogP contribution >= 0.6 is 11.6 Å². The number of carboxylic acid groups (broad SMARTS) is 1. The van der Waals surface area contributed by atoms with Crippen LogP contribution in [0.25, 0.3) is 16.9 Å². The largest absolute Gasteiger partial charge is 0.476 e. The van der Waals surface area contributed by atoms with Crippen LogP contribution in [-0.2, 0) is 0 Å². The number of anilines is 2. The monoisotopic (exact) mass is 364 g/mol. The van der Waals surface area contributed by atoms with Gasteiger partial charge in [-0.1, -0.05) is 41.9 Å². The Labute approximate surface area is 153 Å². The Hall–Kier alpha value is -3.38. The van der Waals surface area contributed by atoms with Gasteiger partial charge in [-0.15, -0.1) is 0 Å². The summed E-state index contributed by atoms with van der Waals surface area (Å²) in [6.45, 7) is 0. The summed E-state index contributed by atoms with van der Waals surface area (Å²) in [6.07, 6.45) is 0. The van der Waals surface area contributed by atoms with Crippen molar-refractivity contribution in [1.82, 2.24) is 14.6 Å². The SMILES string of the molecule is O=C(O)c1cc2nc(-c3ccc(Cl)cc3)cc(Nc3ccccc3)n2n1. The molecule has 2 aromatic carbocycles. The van der Waals surface area contributed by atoms with Gasteiger partial charge in [-0.05, 0) is 24.3 Å². The van der Waals surface area contributed by atoms with E-state index in [1.54, 1.807) is 12.1 Å². The Bertz CT molecular complexity index is 1090. The Morgan fingerprint density at radius 2 is 1.77 bits per heavy atom. The highest BCUT2D eigenvalue weighted by molar-refractivity contribution is 6.30. The lowest BCUT2D eigenvalue weighted by atomic mass is 10.1. The number of fused-ring (bicyclic) bond motifs is 1. The van der Waals surface area contributed by atoms with Crippen molar-refractivity contribution >= 4 is 34.7 Å². The number of nitrogens with zero attached hydrogens (tertiary/aromatic N) is 3. The summed E-state index contributed by atoms with van der Waals surface area (Å²) in [5.74, 6) is -0.493. The molecule has 7 heteroatoms. The van der Waals surface area contributed by atoms with Gasteiger partial charge in [0.05, 0.1) is 5.69 Å². The molecule has 0 unspecified atom stereocenters. The molecule has 2 aromatic heterocycles. The molecule has 0 fully saturated rings. The van der Waals surface area contributed by atoms with Gasteiger partial charge in [-0.3, -0.25) is 0 Å². The van der Waals surface area contributed by atoms with Crippen molar-refractivity contribution in [3.63, 3.8) is 0 Å². The second-order valence-corrected chi connectivity index (χ2v) is 6.07. The molecule has 4 rings (SSSR count). The smallest absolute Gasteiger partial charge is 0.356 e. The molecule has 128 valence electrons. The van der Waals surface area contributed by atoms with Crippen LogP contribution < -0.4 is 5.32 Å². The van der Waals surface area contributed by atoms with Crippen LogP contribution in [0.5, 0.6) is 0 Å². The number of aromatic nitrogens is 3. The van der Waals surface area contributed by atoms with Gasteiger partial charge in [-0.2, -0.15) is 9.61 Å². The molecular formula is C19H13ClN4O2. The molecule has 2 heterocycles. The molecule has 0 radical (unpaired) electrons. The molecule has 0 spiro atoms. The number of hydrogen-bond donors (Lipinski definition) is 2. The van der Waals surface area contributed by atoms with Crippen LogP contribution in [0.2, 0.25) is 5.02 Å². The molecule has 0 aliphatic heterocycles. The average Bonchev–Trinajstić information content (AvgIpc) is 3.08. The van der Waals surface area contributed by atoms with E-state index in [2.05, 4.69) is 15.4 Å². The second-order valence-electron chi connectivity index (χ2n) is 5.63. The number of halogens is 1. The van der Waals surface area contributed by atoms with Crippen LogP contribution in [0.4, 0.5) is 11.5 Å². The normalized spacial score (nSPS) is 10.8. The molecule has 0 bridgehead atoms. The van der Waals surface area contributed by atoms with Crippen molar-refractivity contribution in [3.8, 4) is 11.3 Å². The maximum Gasteiger partial charge on any atom is 0.356 e. The number of benzene rings is 2. The number of para-hydroxylation sites is 1. The van der Waals surface area contributed by atoms with E-state index in [0.717, 1.165) is 11.3 Å². The maximum absolute atomic E-state index is 11.3. The summed E-state index contributed by atoms with van der Waals surface area (Å²) in [6, 6.07) is 20.1. The highest BCUT2D eigenvalue weighted by Crippen LogP contribution is 2.26. The van der Waals surface area contributed by atoms with Gasteiger partial charge in [0.1, 0.15) is 5.82 Å². The third-order valence-electron chi connectivity index (χ3n) is 3.83. The molecule has 0 atom stereocenters. The maximum atomic E-state index is 11.3. The van der Waals surface area contributed by atoms with Crippen molar-refractivity contribution in [2.24, 2.45) is 0 Å². The minimum atomic E-state index is -1.10. The Balaban J connectivity index is 1.88. The average molecular weight is 365 g/mol. The zero-order chi connectivity index (χ0) is 18.1. The fraction of sp³-hybridized carbons (Fsp3) is 0. The van der Waals surface area contributed by atoms with E-state index in [4.69, 9.17) is 11.6 Å². The molecule has 0 amide bonds. The van der Waals surface area contributed by atoms with Crippen molar-refractivity contribution in [1.29, 1.82) is 0 Å². The van der Waals surface area contributed by atoms with Crippen LogP contribution in [0, 0.1) is 0 Å². The summed E-state index contributed by atoms with van der Waals surface area (Å²) in [4.78, 5) is 15.8. The predicted molar refractivity (Wildman–Crippen MR) is 100 cm³/mol. The van der Waals surface area contributed by atoms with E-state index < -0.39 is 5.97 Å². The van der Waals surface area contributed by atoms with Gasteiger partial charge in [-0.25, -0.2) is 9.78 Å². The van der Waals surface area contributed by atoms with Crippen molar-refractivity contribution in [3.05, 3.63) is 77.4 Å². The van der Waals surface area contributed by atoms with Gasteiger partial charge in [0.25, 0.3) is 0 Å². The Morgan fingerprint density at radius 1 is 1.04 bits per heavy atom. The van der Waals surface area contributed by atoms with Gasteiger partial charge >= 0.3 is 5.97 Å². The molecule has 0 aliphatic rings. The molecule has 6 nitrogen and oxygen atoms in total. The molecule has 0 aliphatic carbocycles. The van der Waals surface area contributed by atoms with E-state index in [1.807, 2.05) is 48.5 Å². The number of carbonyl (C=O) groups is 1. The minimum absolute atomic E-state index is 0.0677. The third-order valence-corrected chi connectivity index (χ3v) is 4.08. The van der Waals surface area contributed by atoms with E-state index in [0.29, 0.717) is 22.2 Å². The van der Waals surface area contributed by atoms with Gasteiger partial charge < -0.3 is 10.4 Å². The lowest BCUT2D eigenvalue weighted by molar-refractivity contribution is 0.0690. The van der Waals surface area contributed by atoms with Crippen LogP contribution in [0.3, 0.4) is 0 Å². The van der Waals surface area contributed by atoms with E-state index in [1.165, 1.54) is 10.6 Å². The number of hydrogen-bond acceptors (Lipinski definition) is 4. The number of nitrogens with one attached hydrogen (secondary N) is 1. The number of carboxylic acids is 1. The first kappa shape index (κ1) is 16.1. The zero-order valence-corrected chi connectivity index (χ0v) is 14.2. The fourth-order valence-electron chi connectivity index (χ4n) is 2.61. The first-order valence-electron chi connectivity index (χ1n) is 7.82. The lowest BCUT2D eigenvalue weighted by Crippen LogP contribution is -2.03. The highest BCUT2D eigenvalue weighted by Gasteiger charge is 2.14. The van der Waals surface area contributed by atoms with Gasteiger partial charge in [0, 0.05) is 28.4 Å².